The standard InChI is InChI=1S/C30H33N3O4/c34-28-25-7-2-1-5-20(25)16-27(32-28)29(35)31-23-10-9-21-17-33(13-11-19(21)15-23)30(36)26-8-4-3-6-24(26)22-12-14-37-18-22/h1-8,16,19,21-23H,9-15,17-18H2,(H,31,35)(H,32,34). The van der Waals surface area contributed by atoms with Crippen LogP contribution in [0.4, 0.5) is 0 Å². The lowest BCUT2D eigenvalue weighted by Gasteiger charge is -2.44. The number of hydrogen-bond acceptors (Lipinski definition) is 4. The van der Waals surface area contributed by atoms with Gasteiger partial charge in [-0.05, 0) is 73.1 Å². The van der Waals surface area contributed by atoms with Gasteiger partial charge in [0.05, 0.1) is 6.61 Å². The van der Waals surface area contributed by atoms with E-state index in [2.05, 4.69) is 16.4 Å². The number of aromatic nitrogens is 1. The Balaban J connectivity index is 1.08. The molecule has 2 aliphatic heterocycles. The summed E-state index contributed by atoms with van der Waals surface area (Å²) in [6.07, 6.45) is 4.68. The van der Waals surface area contributed by atoms with Crippen LogP contribution in [0.1, 0.15) is 64.4 Å². The fraction of sp³-hybridized carbons (Fsp3) is 0.433. The Morgan fingerprint density at radius 1 is 0.973 bits per heavy atom. The molecule has 0 radical (unpaired) electrons. The van der Waals surface area contributed by atoms with Gasteiger partial charge in [-0.2, -0.15) is 0 Å². The van der Waals surface area contributed by atoms with Crippen molar-refractivity contribution in [3.63, 3.8) is 0 Å². The van der Waals surface area contributed by atoms with Gasteiger partial charge in [0.2, 0.25) is 0 Å². The van der Waals surface area contributed by atoms with E-state index in [4.69, 9.17) is 4.74 Å². The molecule has 3 fully saturated rings. The van der Waals surface area contributed by atoms with E-state index in [0.717, 1.165) is 68.3 Å². The zero-order valence-corrected chi connectivity index (χ0v) is 20.9. The fourth-order valence-corrected chi connectivity index (χ4v) is 6.53. The quantitative estimate of drug-likeness (QED) is 0.566. The SMILES string of the molecule is O=C(NC1CCC2CN(C(=O)c3ccccc3C3CCOC3)CCC2C1)c1cc2ccccc2c(=O)[nH]1. The molecule has 2 N–H and O–H groups in total. The molecular formula is C30H33N3O4. The molecule has 1 aromatic heterocycles. The largest absolute Gasteiger partial charge is 0.381 e. The highest BCUT2D eigenvalue weighted by molar-refractivity contribution is 5.97. The molecule has 7 heteroatoms. The number of likely N-dealkylation sites (tertiary alicyclic amines) is 1. The summed E-state index contributed by atoms with van der Waals surface area (Å²) < 4.78 is 5.58. The highest BCUT2D eigenvalue weighted by atomic mass is 16.5. The third kappa shape index (κ3) is 4.80. The van der Waals surface area contributed by atoms with Gasteiger partial charge in [0, 0.05) is 42.6 Å². The van der Waals surface area contributed by atoms with Crippen molar-refractivity contribution in [2.45, 2.75) is 44.1 Å². The third-order valence-corrected chi connectivity index (χ3v) is 8.55. The Hall–Kier alpha value is -3.45. The van der Waals surface area contributed by atoms with E-state index in [1.807, 2.05) is 41.3 Å². The van der Waals surface area contributed by atoms with Crippen molar-refractivity contribution in [3.05, 3.63) is 81.8 Å². The second kappa shape index (κ2) is 10.1. The second-order valence-electron chi connectivity index (χ2n) is 10.8. The van der Waals surface area contributed by atoms with Crippen LogP contribution < -0.4 is 10.9 Å². The number of carbonyl (C=O) groups is 2. The van der Waals surface area contributed by atoms with Crippen molar-refractivity contribution >= 4 is 22.6 Å². The molecule has 37 heavy (non-hydrogen) atoms. The van der Waals surface area contributed by atoms with Crippen LogP contribution in [0, 0.1) is 11.8 Å². The molecule has 2 aromatic carbocycles. The Morgan fingerprint density at radius 3 is 2.68 bits per heavy atom. The first kappa shape index (κ1) is 23.9. The summed E-state index contributed by atoms with van der Waals surface area (Å²) in [7, 11) is 0. The minimum absolute atomic E-state index is 0.0778. The number of piperidine rings is 1. The van der Waals surface area contributed by atoms with Crippen molar-refractivity contribution in [1.29, 1.82) is 0 Å². The molecule has 0 bridgehead atoms. The molecule has 2 saturated heterocycles. The molecule has 4 atom stereocenters. The van der Waals surface area contributed by atoms with Crippen LogP contribution in [-0.4, -0.2) is 54.0 Å². The number of aromatic amines is 1. The first-order chi connectivity index (χ1) is 18.1. The van der Waals surface area contributed by atoms with E-state index in [-0.39, 0.29) is 23.4 Å². The lowest BCUT2D eigenvalue weighted by molar-refractivity contribution is 0.0476. The lowest BCUT2D eigenvalue weighted by Crippen LogP contribution is -2.49. The van der Waals surface area contributed by atoms with Gasteiger partial charge in [-0.1, -0.05) is 36.4 Å². The average molecular weight is 500 g/mol. The third-order valence-electron chi connectivity index (χ3n) is 8.55. The fourth-order valence-electron chi connectivity index (χ4n) is 6.53. The van der Waals surface area contributed by atoms with Crippen LogP contribution in [-0.2, 0) is 4.74 Å². The molecule has 4 unspecified atom stereocenters. The zero-order chi connectivity index (χ0) is 25.4. The summed E-state index contributed by atoms with van der Waals surface area (Å²) in [6.45, 7) is 2.97. The minimum atomic E-state index is -0.244. The van der Waals surface area contributed by atoms with E-state index in [0.29, 0.717) is 35.4 Å². The van der Waals surface area contributed by atoms with Crippen molar-refractivity contribution in [3.8, 4) is 0 Å². The molecule has 7 nitrogen and oxygen atoms in total. The van der Waals surface area contributed by atoms with E-state index in [9.17, 15) is 14.4 Å². The first-order valence-electron chi connectivity index (χ1n) is 13.5. The number of pyridine rings is 1. The van der Waals surface area contributed by atoms with Crippen molar-refractivity contribution in [2.24, 2.45) is 11.8 Å². The van der Waals surface area contributed by atoms with Gasteiger partial charge in [0.1, 0.15) is 5.69 Å². The Morgan fingerprint density at radius 2 is 1.81 bits per heavy atom. The molecule has 1 saturated carbocycles. The van der Waals surface area contributed by atoms with Crippen molar-refractivity contribution in [2.75, 3.05) is 26.3 Å². The second-order valence-corrected chi connectivity index (χ2v) is 10.8. The molecule has 0 spiro atoms. The van der Waals surface area contributed by atoms with Gasteiger partial charge in [-0.25, -0.2) is 0 Å². The van der Waals surface area contributed by atoms with E-state index >= 15 is 0 Å². The van der Waals surface area contributed by atoms with Crippen molar-refractivity contribution in [1.82, 2.24) is 15.2 Å². The number of nitrogens with zero attached hydrogens (tertiary/aromatic N) is 1. The van der Waals surface area contributed by atoms with Crippen LogP contribution in [0.15, 0.2) is 59.4 Å². The number of benzene rings is 2. The Kier molecular flexibility index (Phi) is 6.55. The Labute approximate surface area is 216 Å². The van der Waals surface area contributed by atoms with Gasteiger partial charge in [-0.15, -0.1) is 0 Å². The summed E-state index contributed by atoms with van der Waals surface area (Å²) in [4.78, 5) is 43.7. The van der Waals surface area contributed by atoms with Crippen LogP contribution in [0.25, 0.3) is 10.8 Å². The summed E-state index contributed by atoms with van der Waals surface area (Å²) >= 11 is 0. The van der Waals surface area contributed by atoms with E-state index in [1.54, 1.807) is 12.1 Å². The predicted octanol–water partition coefficient (Wildman–Crippen LogP) is 4.09. The average Bonchev–Trinajstić information content (AvgIpc) is 3.47. The van der Waals surface area contributed by atoms with Gasteiger partial charge in [0.25, 0.3) is 17.4 Å². The highest BCUT2D eigenvalue weighted by Crippen LogP contribution is 2.37. The maximum absolute atomic E-state index is 13.5. The maximum atomic E-state index is 13.5. The number of hydrogen-bond donors (Lipinski definition) is 2. The number of amides is 2. The van der Waals surface area contributed by atoms with Gasteiger partial charge >= 0.3 is 0 Å². The van der Waals surface area contributed by atoms with Gasteiger partial charge in [-0.3, -0.25) is 14.4 Å². The normalized spacial score (nSPS) is 25.6. The topological polar surface area (TPSA) is 91.5 Å². The number of carbonyl (C=O) groups excluding carboxylic acids is 2. The molecule has 2 amide bonds. The predicted molar refractivity (Wildman–Crippen MR) is 142 cm³/mol. The van der Waals surface area contributed by atoms with Gasteiger partial charge in [0.15, 0.2) is 0 Å². The smallest absolute Gasteiger partial charge is 0.268 e. The lowest BCUT2D eigenvalue weighted by atomic mass is 9.73. The molecule has 192 valence electrons. The van der Waals surface area contributed by atoms with Crippen LogP contribution in [0.5, 0.6) is 0 Å². The van der Waals surface area contributed by atoms with Crippen LogP contribution in [0.2, 0.25) is 0 Å². The molecule has 3 heterocycles. The van der Waals surface area contributed by atoms with E-state index < -0.39 is 0 Å². The number of nitrogens with one attached hydrogen (secondary N) is 2. The van der Waals surface area contributed by atoms with E-state index in [1.165, 1.54) is 0 Å². The molecule has 1 aliphatic carbocycles. The number of rotatable bonds is 4. The van der Waals surface area contributed by atoms with Crippen molar-refractivity contribution < 1.29 is 14.3 Å². The van der Waals surface area contributed by atoms with Gasteiger partial charge < -0.3 is 19.9 Å². The molecular weight excluding hydrogens is 466 g/mol. The molecule has 6 rings (SSSR count). The summed E-state index contributed by atoms with van der Waals surface area (Å²) in [6, 6.07) is 17.1. The monoisotopic (exact) mass is 499 g/mol. The first-order valence-corrected chi connectivity index (χ1v) is 13.5. The number of H-pyrrole nitrogens is 1. The molecule has 3 aromatic rings. The Bertz CT molecular complexity index is 1380. The zero-order valence-electron chi connectivity index (χ0n) is 20.9. The minimum Gasteiger partial charge on any atom is -0.381 e. The number of fused-ring (bicyclic) bond motifs is 2. The maximum Gasteiger partial charge on any atom is 0.268 e. The number of ether oxygens (including phenoxy) is 1. The summed E-state index contributed by atoms with van der Waals surface area (Å²) in [5.41, 5.74) is 2.00. The molecule has 3 aliphatic rings. The van der Waals surface area contributed by atoms with Crippen LogP contribution in [0.3, 0.4) is 0 Å². The van der Waals surface area contributed by atoms with Crippen LogP contribution >= 0.6 is 0 Å². The summed E-state index contributed by atoms with van der Waals surface area (Å²) in [5.74, 6) is 1.14. The summed E-state index contributed by atoms with van der Waals surface area (Å²) in [5, 5.41) is 4.50. The highest BCUT2D eigenvalue weighted by Gasteiger charge is 2.37.